The van der Waals surface area contributed by atoms with Crippen LogP contribution in [0.3, 0.4) is 0 Å². The zero-order valence-corrected chi connectivity index (χ0v) is 21.9. The Morgan fingerprint density at radius 3 is 1.92 bits per heavy atom. The second-order valence-corrected chi connectivity index (χ2v) is 10.9. The van der Waals surface area contributed by atoms with Gasteiger partial charge >= 0.3 is 5.97 Å². The molecule has 0 heterocycles. The van der Waals surface area contributed by atoms with Crippen molar-refractivity contribution in [1.82, 2.24) is 0 Å². The Kier molecular flexibility index (Phi) is 9.31. The first-order valence-corrected chi connectivity index (χ1v) is 14.0. The third kappa shape index (κ3) is 6.21. The average molecular weight is 519 g/mol. The van der Waals surface area contributed by atoms with E-state index in [9.17, 15) is 22.4 Å². The molecule has 0 aromatic heterocycles. The van der Waals surface area contributed by atoms with Gasteiger partial charge < -0.3 is 4.74 Å². The fourth-order valence-electron chi connectivity index (χ4n) is 6.13. The predicted octanol–water partition coefficient (Wildman–Crippen LogP) is 9.15. The molecule has 0 amide bonds. The number of ether oxygens (including phenoxy) is 1. The molecule has 0 radical (unpaired) electrons. The molecule has 0 N–H and O–H groups in total. The van der Waals surface area contributed by atoms with E-state index in [-0.39, 0.29) is 17.6 Å². The first-order chi connectivity index (χ1) is 17.8. The Morgan fingerprint density at radius 1 is 0.757 bits per heavy atom. The van der Waals surface area contributed by atoms with Gasteiger partial charge in [-0.3, -0.25) is 4.79 Å². The molecule has 37 heavy (non-hydrogen) atoms. The quantitative estimate of drug-likeness (QED) is 0.198. The van der Waals surface area contributed by atoms with Gasteiger partial charge in [-0.1, -0.05) is 44.9 Å². The van der Waals surface area contributed by atoms with Crippen molar-refractivity contribution in [3.63, 3.8) is 0 Å². The van der Waals surface area contributed by atoms with Crippen LogP contribution in [0.2, 0.25) is 0 Å². The SMILES string of the molecule is CCCCc1ccc(C2CCC(C(=O)Oc3ccc(C4CCC(CC)CC4)c(F)c3F)CC2)c(F)c1F. The number of unbranched alkanes of at least 4 members (excludes halogenated alkanes) is 1. The Bertz CT molecular complexity index is 1080. The normalized spacial score (nSPS) is 24.2. The van der Waals surface area contributed by atoms with Crippen LogP contribution in [0, 0.1) is 35.1 Å². The molecule has 0 atom stereocenters. The van der Waals surface area contributed by atoms with Gasteiger partial charge in [0.15, 0.2) is 23.2 Å². The molecule has 2 aliphatic rings. The molecule has 202 valence electrons. The van der Waals surface area contributed by atoms with Crippen molar-refractivity contribution in [1.29, 1.82) is 0 Å². The summed E-state index contributed by atoms with van der Waals surface area (Å²) >= 11 is 0. The van der Waals surface area contributed by atoms with Crippen molar-refractivity contribution in [2.24, 2.45) is 11.8 Å². The maximum Gasteiger partial charge on any atom is 0.314 e. The van der Waals surface area contributed by atoms with E-state index in [0.29, 0.717) is 54.7 Å². The highest BCUT2D eigenvalue weighted by atomic mass is 19.2. The van der Waals surface area contributed by atoms with E-state index in [1.165, 1.54) is 6.07 Å². The fraction of sp³-hybridized carbons (Fsp3) is 0.581. The lowest BCUT2D eigenvalue weighted by Crippen LogP contribution is -2.26. The monoisotopic (exact) mass is 518 g/mol. The Morgan fingerprint density at radius 2 is 1.32 bits per heavy atom. The van der Waals surface area contributed by atoms with Gasteiger partial charge in [-0.05, 0) is 105 Å². The molecule has 2 saturated carbocycles. The average Bonchev–Trinajstić information content (AvgIpc) is 2.92. The summed E-state index contributed by atoms with van der Waals surface area (Å²) in [7, 11) is 0. The third-order valence-electron chi connectivity index (χ3n) is 8.64. The number of halogens is 4. The van der Waals surface area contributed by atoms with Crippen LogP contribution < -0.4 is 4.74 Å². The van der Waals surface area contributed by atoms with E-state index in [2.05, 4.69) is 6.92 Å². The minimum Gasteiger partial charge on any atom is -0.423 e. The van der Waals surface area contributed by atoms with E-state index in [1.807, 2.05) is 6.92 Å². The number of carbonyl (C=O) groups is 1. The minimum absolute atomic E-state index is 0.0109. The molecule has 0 aliphatic heterocycles. The first-order valence-electron chi connectivity index (χ1n) is 14.0. The highest BCUT2D eigenvalue weighted by Crippen LogP contribution is 2.41. The minimum atomic E-state index is -1.11. The predicted molar refractivity (Wildman–Crippen MR) is 137 cm³/mol. The molecule has 0 spiro atoms. The van der Waals surface area contributed by atoms with Gasteiger partial charge in [-0.25, -0.2) is 13.2 Å². The second kappa shape index (κ2) is 12.4. The van der Waals surface area contributed by atoms with Gasteiger partial charge in [-0.2, -0.15) is 4.39 Å². The molecule has 2 fully saturated rings. The van der Waals surface area contributed by atoms with Gasteiger partial charge in [0, 0.05) is 0 Å². The fourth-order valence-corrected chi connectivity index (χ4v) is 6.13. The number of aryl methyl sites for hydroxylation is 1. The van der Waals surface area contributed by atoms with Crippen LogP contribution in [-0.2, 0) is 11.2 Å². The molecule has 4 rings (SSSR count). The van der Waals surface area contributed by atoms with E-state index >= 15 is 0 Å². The van der Waals surface area contributed by atoms with Gasteiger partial charge in [0.1, 0.15) is 0 Å². The Labute approximate surface area is 217 Å². The topological polar surface area (TPSA) is 26.3 Å². The summed E-state index contributed by atoms with van der Waals surface area (Å²) in [6.45, 7) is 4.16. The lowest BCUT2D eigenvalue weighted by Gasteiger charge is -2.29. The zero-order valence-electron chi connectivity index (χ0n) is 21.9. The lowest BCUT2D eigenvalue weighted by atomic mass is 9.77. The summed E-state index contributed by atoms with van der Waals surface area (Å²) in [6.07, 6.45) is 8.87. The summed E-state index contributed by atoms with van der Waals surface area (Å²) in [5.41, 5.74) is 1.11. The van der Waals surface area contributed by atoms with Crippen LogP contribution in [-0.4, -0.2) is 5.97 Å². The molecule has 2 nitrogen and oxygen atoms in total. The van der Waals surface area contributed by atoms with Crippen LogP contribution in [0.15, 0.2) is 24.3 Å². The molecule has 6 heteroatoms. The number of rotatable bonds is 8. The molecule has 0 bridgehead atoms. The van der Waals surface area contributed by atoms with Crippen molar-refractivity contribution < 1.29 is 27.1 Å². The van der Waals surface area contributed by atoms with Crippen LogP contribution in [0.25, 0.3) is 0 Å². The number of esters is 1. The van der Waals surface area contributed by atoms with Gasteiger partial charge in [0.25, 0.3) is 0 Å². The van der Waals surface area contributed by atoms with Crippen molar-refractivity contribution in [3.05, 3.63) is 64.2 Å². The molecule has 0 saturated heterocycles. The third-order valence-corrected chi connectivity index (χ3v) is 8.64. The van der Waals surface area contributed by atoms with Gasteiger partial charge in [-0.15, -0.1) is 0 Å². The molecule has 0 unspecified atom stereocenters. The number of hydrogen-bond acceptors (Lipinski definition) is 2. The zero-order chi connectivity index (χ0) is 26.5. The van der Waals surface area contributed by atoms with Crippen LogP contribution in [0.5, 0.6) is 5.75 Å². The highest BCUT2D eigenvalue weighted by Gasteiger charge is 2.32. The maximum atomic E-state index is 14.9. The van der Waals surface area contributed by atoms with Crippen molar-refractivity contribution in [2.75, 3.05) is 0 Å². The smallest absolute Gasteiger partial charge is 0.314 e. The summed E-state index contributed by atoms with van der Waals surface area (Å²) in [6, 6.07) is 6.25. The van der Waals surface area contributed by atoms with Gasteiger partial charge in [0.05, 0.1) is 5.92 Å². The summed E-state index contributed by atoms with van der Waals surface area (Å²) in [4.78, 5) is 12.8. The first kappa shape index (κ1) is 27.7. The Hall–Kier alpha value is -2.37. The van der Waals surface area contributed by atoms with Gasteiger partial charge in [0.2, 0.25) is 5.82 Å². The summed E-state index contributed by atoms with van der Waals surface area (Å²) in [5, 5.41) is 0. The number of hydrogen-bond donors (Lipinski definition) is 0. The second-order valence-electron chi connectivity index (χ2n) is 10.9. The number of benzene rings is 2. The molecular weight excluding hydrogens is 480 g/mol. The highest BCUT2D eigenvalue weighted by molar-refractivity contribution is 5.75. The van der Waals surface area contributed by atoms with Crippen molar-refractivity contribution in [2.45, 2.75) is 103 Å². The van der Waals surface area contributed by atoms with Crippen molar-refractivity contribution >= 4 is 5.97 Å². The molecule has 2 aromatic rings. The van der Waals surface area contributed by atoms with Crippen LogP contribution >= 0.6 is 0 Å². The Balaban J connectivity index is 1.35. The molecule has 2 aromatic carbocycles. The maximum absolute atomic E-state index is 14.9. The largest absolute Gasteiger partial charge is 0.423 e. The molecular formula is C31H38F4O2. The van der Waals surface area contributed by atoms with E-state index < -0.39 is 35.2 Å². The van der Waals surface area contributed by atoms with Crippen LogP contribution in [0.1, 0.15) is 113 Å². The van der Waals surface area contributed by atoms with E-state index in [4.69, 9.17) is 4.74 Å². The summed E-state index contributed by atoms with van der Waals surface area (Å²) < 4.78 is 64.3. The van der Waals surface area contributed by atoms with E-state index in [0.717, 1.165) is 44.9 Å². The standard InChI is InChI=1S/C31H38F4O2/c1-3-5-6-22-15-16-24(28(33)27(22)32)21-11-13-23(14-12-21)31(36)37-26-18-17-25(29(34)30(26)35)20-9-7-19(4-2)8-10-20/h15-21,23H,3-14H2,1-2H3. The lowest BCUT2D eigenvalue weighted by molar-refractivity contribution is -0.140. The molecule has 2 aliphatic carbocycles. The van der Waals surface area contributed by atoms with Crippen molar-refractivity contribution in [3.8, 4) is 5.75 Å². The summed E-state index contributed by atoms with van der Waals surface area (Å²) in [5.74, 6) is -4.61. The number of carbonyl (C=O) groups excluding carboxylic acids is 1. The van der Waals surface area contributed by atoms with E-state index in [1.54, 1.807) is 18.2 Å². The van der Waals surface area contributed by atoms with Crippen LogP contribution in [0.4, 0.5) is 17.6 Å².